The molecule has 0 saturated carbocycles. The third-order valence-corrected chi connectivity index (χ3v) is 12.7. The van der Waals surface area contributed by atoms with Crippen LogP contribution in [0.5, 0.6) is 0 Å². The monoisotopic (exact) mass is 750 g/mol. The number of rotatable bonds is 5. The predicted molar refractivity (Wildman–Crippen MR) is 238 cm³/mol. The van der Waals surface area contributed by atoms with Crippen molar-refractivity contribution in [3.63, 3.8) is 0 Å². The van der Waals surface area contributed by atoms with Crippen molar-refractivity contribution < 1.29 is 4.42 Å². The van der Waals surface area contributed by atoms with E-state index in [4.69, 9.17) is 9.41 Å². The van der Waals surface area contributed by atoms with E-state index in [0.29, 0.717) is 0 Å². The molecular formula is C51H34N4OS. The lowest BCUT2D eigenvalue weighted by Gasteiger charge is -2.32. The highest BCUT2D eigenvalue weighted by Crippen LogP contribution is 2.45. The highest BCUT2D eigenvalue weighted by molar-refractivity contribution is 7.26. The Morgan fingerprint density at radius 1 is 0.526 bits per heavy atom. The van der Waals surface area contributed by atoms with Crippen molar-refractivity contribution >= 4 is 81.1 Å². The van der Waals surface area contributed by atoms with Crippen LogP contribution in [0.25, 0.3) is 80.7 Å². The summed E-state index contributed by atoms with van der Waals surface area (Å²) < 4.78 is 11.7. The number of amidine groups is 1. The summed E-state index contributed by atoms with van der Waals surface area (Å²) in [5, 5.41) is 14.6. The molecule has 1 aliphatic rings. The molecule has 0 bridgehead atoms. The molecule has 6 heteroatoms. The number of thiophene rings is 1. The number of aliphatic imine (C=N–C) groups is 1. The number of furan rings is 1. The number of nitrogens with one attached hydrogen (secondary N) is 2. The van der Waals surface area contributed by atoms with Crippen LogP contribution in [0.2, 0.25) is 0 Å². The molecule has 0 aliphatic carbocycles. The summed E-state index contributed by atoms with van der Waals surface area (Å²) in [7, 11) is 0. The molecule has 2 atom stereocenters. The molecule has 4 heterocycles. The number of fused-ring (bicyclic) bond motifs is 9. The molecule has 8 aromatic carbocycles. The topological polar surface area (TPSA) is 54.5 Å². The Morgan fingerprint density at radius 2 is 1.19 bits per heavy atom. The minimum atomic E-state index is -0.267. The lowest BCUT2D eigenvalue weighted by atomic mass is 9.98. The lowest BCUT2D eigenvalue weighted by Crippen LogP contribution is -2.44. The number of benzene rings is 8. The molecule has 2 N–H and O–H groups in total. The zero-order valence-corrected chi connectivity index (χ0v) is 31.5. The highest BCUT2D eigenvalue weighted by atomic mass is 32.1. The van der Waals surface area contributed by atoms with Crippen LogP contribution in [0.15, 0.2) is 191 Å². The third-order valence-electron chi connectivity index (χ3n) is 11.5. The minimum Gasteiger partial charge on any atom is -0.456 e. The van der Waals surface area contributed by atoms with Gasteiger partial charge in [0.25, 0.3) is 0 Å². The number of para-hydroxylation sites is 2. The molecular weight excluding hydrogens is 717 g/mol. The van der Waals surface area contributed by atoms with Gasteiger partial charge < -0.3 is 14.3 Å². The third kappa shape index (κ3) is 5.15. The molecule has 270 valence electrons. The predicted octanol–water partition coefficient (Wildman–Crippen LogP) is 13.1. The van der Waals surface area contributed by atoms with Gasteiger partial charge in [-0.2, -0.15) is 0 Å². The summed E-state index contributed by atoms with van der Waals surface area (Å²) in [6.07, 6.45) is -0.372. The maximum Gasteiger partial charge on any atom is 0.136 e. The molecule has 0 fully saturated rings. The van der Waals surface area contributed by atoms with Gasteiger partial charge in [-0.3, -0.25) is 5.32 Å². The Morgan fingerprint density at radius 3 is 1.98 bits per heavy atom. The van der Waals surface area contributed by atoms with Crippen molar-refractivity contribution in [1.82, 2.24) is 15.2 Å². The van der Waals surface area contributed by atoms with Gasteiger partial charge in [0, 0.05) is 42.6 Å². The molecule has 57 heavy (non-hydrogen) atoms. The number of nitrogens with zero attached hydrogens (tertiary/aromatic N) is 2. The van der Waals surface area contributed by atoms with Gasteiger partial charge in [0.2, 0.25) is 0 Å². The maximum atomic E-state index is 6.71. The smallest absolute Gasteiger partial charge is 0.136 e. The summed E-state index contributed by atoms with van der Waals surface area (Å²) in [4.78, 5) is 5.17. The van der Waals surface area contributed by atoms with Gasteiger partial charge >= 0.3 is 0 Å². The van der Waals surface area contributed by atoms with Gasteiger partial charge in [-0.15, -0.1) is 11.3 Å². The van der Waals surface area contributed by atoms with E-state index in [1.807, 2.05) is 35.6 Å². The number of aromatic nitrogens is 1. The van der Waals surface area contributed by atoms with E-state index < -0.39 is 0 Å². The van der Waals surface area contributed by atoms with E-state index in [2.05, 4.69) is 173 Å². The van der Waals surface area contributed by atoms with Crippen LogP contribution in [-0.2, 0) is 0 Å². The fourth-order valence-corrected chi connectivity index (χ4v) is 10.1. The Hall–Kier alpha value is -6.99. The first-order valence-electron chi connectivity index (χ1n) is 19.4. The first-order valence-corrected chi connectivity index (χ1v) is 20.2. The maximum absolute atomic E-state index is 6.71. The summed E-state index contributed by atoms with van der Waals surface area (Å²) in [5.74, 6) is 0.861. The molecule has 2 unspecified atom stereocenters. The van der Waals surface area contributed by atoms with Crippen molar-refractivity contribution in [2.45, 2.75) is 12.3 Å². The Labute approximate surface area is 332 Å². The van der Waals surface area contributed by atoms with E-state index in [1.54, 1.807) is 0 Å². The second-order valence-electron chi connectivity index (χ2n) is 14.8. The van der Waals surface area contributed by atoms with Crippen LogP contribution in [0.1, 0.15) is 29.0 Å². The quantitative estimate of drug-likeness (QED) is 0.184. The van der Waals surface area contributed by atoms with E-state index in [-0.39, 0.29) is 12.3 Å². The molecule has 11 aromatic rings. The van der Waals surface area contributed by atoms with Gasteiger partial charge in [0.15, 0.2) is 0 Å². The molecule has 1 aliphatic heterocycles. The van der Waals surface area contributed by atoms with Crippen LogP contribution in [0.4, 0.5) is 0 Å². The Kier molecular flexibility index (Phi) is 7.24. The zero-order chi connectivity index (χ0) is 37.5. The van der Waals surface area contributed by atoms with Crippen LogP contribution < -0.4 is 10.6 Å². The van der Waals surface area contributed by atoms with Gasteiger partial charge in [0.1, 0.15) is 29.3 Å². The zero-order valence-electron chi connectivity index (χ0n) is 30.7. The van der Waals surface area contributed by atoms with Crippen molar-refractivity contribution in [2.24, 2.45) is 4.99 Å². The van der Waals surface area contributed by atoms with Crippen LogP contribution >= 0.6 is 11.3 Å². The summed E-state index contributed by atoms with van der Waals surface area (Å²) in [5.41, 5.74) is 11.0. The molecule has 3 aromatic heterocycles. The fraction of sp³-hybridized carbons (Fsp3) is 0.0392. The summed E-state index contributed by atoms with van der Waals surface area (Å²) >= 11 is 1.87. The Bertz CT molecular complexity index is 3320. The second-order valence-corrected chi connectivity index (χ2v) is 15.8. The summed E-state index contributed by atoms with van der Waals surface area (Å²) in [6.45, 7) is 0. The van der Waals surface area contributed by atoms with Crippen molar-refractivity contribution in [3.05, 3.63) is 199 Å². The van der Waals surface area contributed by atoms with Gasteiger partial charge in [0.05, 0.1) is 21.4 Å². The van der Waals surface area contributed by atoms with E-state index in [0.717, 1.165) is 50.0 Å². The standard InChI is InChI=1S/C51H34N4OS/c1-3-13-31(14-4-1)49-52-50(32-15-5-2-6-16-32)54-51(53-49)34-26-28-39-38-27-25-33(29-44(38)56-45(39)30-34)35-19-12-24-46-47(35)40-20-11-23-43(48(40)57-46)55-41-21-9-7-17-36(41)37-18-8-10-22-42(37)55/h1-30,49,51,53H,(H,52,54). The number of hydrogen-bond acceptors (Lipinski definition) is 5. The number of hydrogen-bond donors (Lipinski definition) is 2. The summed E-state index contributed by atoms with van der Waals surface area (Å²) in [6, 6.07) is 64.9. The minimum absolute atomic E-state index is 0.105. The van der Waals surface area contributed by atoms with Crippen molar-refractivity contribution in [3.8, 4) is 16.8 Å². The molecule has 0 saturated heterocycles. The van der Waals surface area contributed by atoms with Gasteiger partial charge in [-0.1, -0.05) is 140 Å². The van der Waals surface area contributed by atoms with E-state index in [1.165, 1.54) is 53.2 Å². The molecule has 0 amide bonds. The van der Waals surface area contributed by atoms with Crippen LogP contribution in [-0.4, -0.2) is 10.4 Å². The largest absolute Gasteiger partial charge is 0.456 e. The first kappa shape index (κ1) is 32.3. The van der Waals surface area contributed by atoms with Crippen molar-refractivity contribution in [1.29, 1.82) is 0 Å². The molecule has 5 nitrogen and oxygen atoms in total. The molecule has 12 rings (SSSR count). The van der Waals surface area contributed by atoms with Gasteiger partial charge in [-0.25, -0.2) is 4.99 Å². The van der Waals surface area contributed by atoms with Crippen LogP contribution in [0, 0.1) is 0 Å². The van der Waals surface area contributed by atoms with E-state index in [9.17, 15) is 0 Å². The second kappa shape index (κ2) is 12.8. The van der Waals surface area contributed by atoms with Crippen LogP contribution in [0.3, 0.4) is 0 Å². The SMILES string of the molecule is c1ccc(C2=NC(c3ccc4c(c3)oc3cc(-c5cccc6sc7c(-n8c9ccccc9c9ccccc98)cccc7c56)ccc34)NC(c3ccccc3)N2)cc1. The fourth-order valence-electron chi connectivity index (χ4n) is 8.85. The molecule has 0 spiro atoms. The molecule has 0 radical (unpaired) electrons. The van der Waals surface area contributed by atoms with E-state index >= 15 is 0 Å². The lowest BCUT2D eigenvalue weighted by molar-refractivity contribution is 0.409. The average molecular weight is 751 g/mol. The van der Waals surface area contributed by atoms with Crippen molar-refractivity contribution in [2.75, 3.05) is 0 Å². The normalized spacial score (nSPS) is 15.9. The Balaban J connectivity index is 0.960. The highest BCUT2D eigenvalue weighted by Gasteiger charge is 2.26. The van der Waals surface area contributed by atoms with Gasteiger partial charge in [-0.05, 0) is 64.7 Å². The average Bonchev–Trinajstić information content (AvgIpc) is 3.96. The first-order chi connectivity index (χ1) is 28.2.